The summed E-state index contributed by atoms with van der Waals surface area (Å²) in [4.78, 5) is 12.6. The lowest BCUT2D eigenvalue weighted by atomic mass is 9.94. The summed E-state index contributed by atoms with van der Waals surface area (Å²) in [6.07, 6.45) is -0.653. The van der Waals surface area contributed by atoms with E-state index in [1.165, 1.54) is 0 Å². The first-order valence-corrected chi connectivity index (χ1v) is 8.78. The van der Waals surface area contributed by atoms with Crippen LogP contribution in [0.15, 0.2) is 66.7 Å². The first-order valence-electron chi connectivity index (χ1n) is 8.78. The zero-order valence-electron chi connectivity index (χ0n) is 14.8. The first kappa shape index (κ1) is 17.7. The van der Waals surface area contributed by atoms with Crippen LogP contribution < -0.4 is 4.74 Å². The second kappa shape index (κ2) is 7.15. The molecule has 0 saturated heterocycles. The number of carbonyl (C=O) groups is 1. The predicted octanol–water partition coefficient (Wildman–Crippen LogP) is 3.71. The van der Waals surface area contributed by atoms with Gasteiger partial charge in [-0.3, -0.25) is 0 Å². The van der Waals surface area contributed by atoms with Crippen molar-refractivity contribution in [1.82, 2.24) is 0 Å². The molecule has 0 saturated carbocycles. The minimum atomic E-state index is -0.737. The van der Waals surface area contributed by atoms with E-state index in [2.05, 4.69) is 0 Å². The Bertz CT molecular complexity index is 992. The van der Waals surface area contributed by atoms with Gasteiger partial charge in [0.2, 0.25) is 0 Å². The fourth-order valence-corrected chi connectivity index (χ4v) is 3.28. The van der Waals surface area contributed by atoms with Gasteiger partial charge in [-0.25, -0.2) is 4.79 Å². The summed E-state index contributed by atoms with van der Waals surface area (Å²) in [6, 6.07) is 19.1. The molecule has 28 heavy (non-hydrogen) atoms. The molecule has 1 aliphatic rings. The minimum absolute atomic E-state index is 0.0709. The highest BCUT2D eigenvalue weighted by Gasteiger charge is 2.34. The van der Waals surface area contributed by atoms with Crippen molar-refractivity contribution in [3.05, 3.63) is 83.4 Å². The number of para-hydroxylation sites is 1. The number of phenolic OH excluding ortho intramolecular Hbond substituents is 3. The number of esters is 1. The van der Waals surface area contributed by atoms with Crippen LogP contribution in [-0.2, 0) is 11.2 Å². The van der Waals surface area contributed by atoms with Crippen LogP contribution in [0.4, 0.5) is 0 Å². The van der Waals surface area contributed by atoms with E-state index in [9.17, 15) is 20.1 Å². The van der Waals surface area contributed by atoms with Gasteiger partial charge in [0, 0.05) is 6.42 Å². The highest BCUT2D eigenvalue weighted by Crippen LogP contribution is 2.38. The Labute approximate surface area is 161 Å². The summed E-state index contributed by atoms with van der Waals surface area (Å²) >= 11 is 0. The number of hydrogen-bond donors (Lipinski definition) is 3. The molecule has 1 heterocycles. The number of aromatic hydroxyl groups is 3. The van der Waals surface area contributed by atoms with E-state index < -0.39 is 35.4 Å². The second-order valence-electron chi connectivity index (χ2n) is 6.57. The highest BCUT2D eigenvalue weighted by atomic mass is 16.6. The van der Waals surface area contributed by atoms with Gasteiger partial charge < -0.3 is 24.8 Å². The van der Waals surface area contributed by atoms with Crippen LogP contribution in [0.1, 0.15) is 27.6 Å². The number of ether oxygens (including phenoxy) is 2. The van der Waals surface area contributed by atoms with Gasteiger partial charge in [0.05, 0.1) is 5.56 Å². The van der Waals surface area contributed by atoms with Gasteiger partial charge in [-0.1, -0.05) is 48.5 Å². The number of fused-ring (bicyclic) bond motifs is 1. The van der Waals surface area contributed by atoms with Crippen LogP contribution in [0.25, 0.3) is 0 Å². The normalized spacial score (nSPS) is 18.0. The Morgan fingerprint density at radius 2 is 1.57 bits per heavy atom. The van der Waals surface area contributed by atoms with Gasteiger partial charge in [-0.2, -0.15) is 0 Å². The van der Waals surface area contributed by atoms with Crippen LogP contribution in [0.3, 0.4) is 0 Å². The average Bonchev–Trinajstić information content (AvgIpc) is 2.71. The number of benzene rings is 3. The Morgan fingerprint density at radius 1 is 0.929 bits per heavy atom. The van der Waals surface area contributed by atoms with Gasteiger partial charge in [-0.05, 0) is 29.3 Å². The molecule has 0 aliphatic carbocycles. The number of phenols is 3. The van der Waals surface area contributed by atoms with Crippen molar-refractivity contribution in [2.75, 3.05) is 0 Å². The molecule has 0 aromatic heterocycles. The van der Waals surface area contributed by atoms with E-state index in [-0.39, 0.29) is 5.56 Å². The third-order valence-electron chi connectivity index (χ3n) is 4.68. The van der Waals surface area contributed by atoms with Gasteiger partial charge in [-0.15, -0.1) is 0 Å². The van der Waals surface area contributed by atoms with Crippen LogP contribution >= 0.6 is 0 Å². The number of hydrogen-bond acceptors (Lipinski definition) is 6. The SMILES string of the molecule is O=C(OC1Cc2ccccc2O[C@@H]1c1ccccc1)c1cc(O)c(O)c(O)c1. The van der Waals surface area contributed by atoms with Crippen LogP contribution in [0.5, 0.6) is 23.0 Å². The zero-order chi connectivity index (χ0) is 19.7. The molecule has 6 nitrogen and oxygen atoms in total. The van der Waals surface area contributed by atoms with E-state index >= 15 is 0 Å². The van der Waals surface area contributed by atoms with Crippen LogP contribution in [0, 0.1) is 0 Å². The molecule has 6 heteroatoms. The first-order chi connectivity index (χ1) is 13.5. The molecular weight excluding hydrogens is 360 g/mol. The van der Waals surface area contributed by atoms with Crippen molar-refractivity contribution in [3.63, 3.8) is 0 Å². The molecule has 0 radical (unpaired) electrons. The van der Waals surface area contributed by atoms with Crippen molar-refractivity contribution < 1.29 is 29.6 Å². The van der Waals surface area contributed by atoms with E-state index in [4.69, 9.17) is 9.47 Å². The molecule has 1 aliphatic heterocycles. The van der Waals surface area contributed by atoms with E-state index in [1.54, 1.807) is 0 Å². The average molecular weight is 378 g/mol. The maximum atomic E-state index is 12.6. The molecule has 4 rings (SSSR count). The highest BCUT2D eigenvalue weighted by molar-refractivity contribution is 5.91. The summed E-state index contributed by atoms with van der Waals surface area (Å²) in [5.41, 5.74) is 1.72. The molecule has 1 unspecified atom stereocenters. The van der Waals surface area contributed by atoms with E-state index in [0.29, 0.717) is 6.42 Å². The standard InChI is InChI=1S/C22H18O6/c23-16-10-15(11-17(24)20(16)25)22(26)28-19-12-14-8-4-5-9-18(14)27-21(19)13-6-2-1-3-7-13/h1-11,19,21,23-25H,12H2/t19?,21-/m1/s1. The Kier molecular flexibility index (Phi) is 4.53. The summed E-state index contributed by atoms with van der Waals surface area (Å²) < 4.78 is 11.8. The molecule has 0 spiro atoms. The summed E-state index contributed by atoms with van der Waals surface area (Å²) in [6.45, 7) is 0. The maximum absolute atomic E-state index is 12.6. The van der Waals surface area contributed by atoms with E-state index in [0.717, 1.165) is 29.0 Å². The monoisotopic (exact) mass is 378 g/mol. The van der Waals surface area contributed by atoms with E-state index in [1.807, 2.05) is 54.6 Å². The fraction of sp³-hybridized carbons (Fsp3) is 0.136. The fourth-order valence-electron chi connectivity index (χ4n) is 3.28. The summed E-state index contributed by atoms with van der Waals surface area (Å²) in [5, 5.41) is 28.8. The van der Waals surface area contributed by atoms with Crippen molar-refractivity contribution >= 4 is 5.97 Å². The Balaban J connectivity index is 1.65. The van der Waals surface area contributed by atoms with Crippen molar-refractivity contribution in [1.29, 1.82) is 0 Å². The maximum Gasteiger partial charge on any atom is 0.338 e. The molecule has 2 atom stereocenters. The topological polar surface area (TPSA) is 96.2 Å². The molecule has 0 fully saturated rings. The molecule has 0 amide bonds. The number of carbonyl (C=O) groups excluding carboxylic acids is 1. The summed E-state index contributed by atoms with van der Waals surface area (Å²) in [5.74, 6) is -1.88. The second-order valence-corrected chi connectivity index (χ2v) is 6.57. The minimum Gasteiger partial charge on any atom is -0.504 e. The third kappa shape index (κ3) is 3.32. The van der Waals surface area contributed by atoms with Gasteiger partial charge >= 0.3 is 5.97 Å². The van der Waals surface area contributed by atoms with Gasteiger partial charge in [0.15, 0.2) is 23.4 Å². The Morgan fingerprint density at radius 3 is 2.29 bits per heavy atom. The van der Waals surface area contributed by atoms with Crippen LogP contribution in [0.2, 0.25) is 0 Å². The molecule has 3 aromatic rings. The quantitative estimate of drug-likeness (QED) is 0.475. The Hall–Kier alpha value is -3.67. The summed E-state index contributed by atoms with van der Waals surface area (Å²) in [7, 11) is 0. The molecule has 0 bridgehead atoms. The largest absolute Gasteiger partial charge is 0.504 e. The lowest BCUT2D eigenvalue weighted by molar-refractivity contribution is -0.0183. The molecule has 3 aromatic carbocycles. The van der Waals surface area contributed by atoms with Crippen LogP contribution in [-0.4, -0.2) is 27.4 Å². The van der Waals surface area contributed by atoms with Crippen molar-refractivity contribution in [2.45, 2.75) is 18.6 Å². The van der Waals surface area contributed by atoms with Crippen molar-refractivity contribution in [3.8, 4) is 23.0 Å². The third-order valence-corrected chi connectivity index (χ3v) is 4.68. The molecule has 3 N–H and O–H groups in total. The molecule has 142 valence electrons. The lowest BCUT2D eigenvalue weighted by Crippen LogP contribution is -2.34. The molecular formula is C22H18O6. The van der Waals surface area contributed by atoms with Crippen molar-refractivity contribution in [2.24, 2.45) is 0 Å². The smallest absolute Gasteiger partial charge is 0.338 e. The zero-order valence-corrected chi connectivity index (χ0v) is 14.8. The van der Waals surface area contributed by atoms with Gasteiger partial charge in [0.25, 0.3) is 0 Å². The predicted molar refractivity (Wildman–Crippen MR) is 101 cm³/mol. The van der Waals surface area contributed by atoms with Gasteiger partial charge in [0.1, 0.15) is 11.9 Å². The number of rotatable bonds is 3. The lowest BCUT2D eigenvalue weighted by Gasteiger charge is -2.33.